The highest BCUT2D eigenvalue weighted by atomic mass is 15.3. The summed E-state index contributed by atoms with van der Waals surface area (Å²) in [6, 6.07) is 12.4. The monoisotopic (exact) mass is 323 g/mol. The molecule has 1 aliphatic heterocycles. The molecule has 5 heteroatoms. The van der Waals surface area contributed by atoms with Crippen LogP contribution in [-0.2, 0) is 0 Å². The Bertz CT molecular complexity index is 728. The van der Waals surface area contributed by atoms with E-state index in [0.29, 0.717) is 11.6 Å². The molecule has 1 aromatic heterocycles. The van der Waals surface area contributed by atoms with E-state index in [1.165, 1.54) is 0 Å². The number of piperazine rings is 1. The van der Waals surface area contributed by atoms with Crippen LogP contribution in [-0.4, -0.2) is 60.1 Å². The number of rotatable bonds is 5. The molecular formula is C19H25N5. The van der Waals surface area contributed by atoms with E-state index in [-0.39, 0.29) is 0 Å². The normalized spacial score (nSPS) is 17.5. The zero-order chi connectivity index (χ0) is 16.9. The van der Waals surface area contributed by atoms with Gasteiger partial charge in [-0.3, -0.25) is 4.90 Å². The molecule has 0 unspecified atom stereocenters. The Morgan fingerprint density at radius 2 is 2.00 bits per heavy atom. The van der Waals surface area contributed by atoms with Gasteiger partial charge in [-0.15, -0.1) is 0 Å². The van der Waals surface area contributed by atoms with E-state index in [1.54, 1.807) is 0 Å². The van der Waals surface area contributed by atoms with Gasteiger partial charge in [-0.05, 0) is 25.6 Å². The molecule has 0 saturated carbocycles. The first-order valence-corrected chi connectivity index (χ1v) is 8.71. The molecule has 0 spiro atoms. The summed E-state index contributed by atoms with van der Waals surface area (Å²) in [5, 5.41) is 13.7. The Balaban J connectivity index is 1.64. The second-order valence-electron chi connectivity index (χ2n) is 6.38. The zero-order valence-electron chi connectivity index (χ0n) is 14.5. The number of benzene rings is 1. The zero-order valence-corrected chi connectivity index (χ0v) is 14.5. The number of nitriles is 1. The maximum absolute atomic E-state index is 9.37. The van der Waals surface area contributed by atoms with E-state index in [0.717, 1.165) is 56.0 Å². The third kappa shape index (κ3) is 3.66. The van der Waals surface area contributed by atoms with Gasteiger partial charge in [0.1, 0.15) is 5.82 Å². The van der Waals surface area contributed by atoms with Crippen molar-refractivity contribution in [3.05, 3.63) is 35.9 Å². The van der Waals surface area contributed by atoms with E-state index in [4.69, 9.17) is 0 Å². The first-order chi connectivity index (χ1) is 11.7. The summed E-state index contributed by atoms with van der Waals surface area (Å²) in [6.45, 7) is 11.0. The van der Waals surface area contributed by atoms with Crippen molar-refractivity contribution >= 4 is 16.7 Å². The van der Waals surface area contributed by atoms with Gasteiger partial charge in [0, 0.05) is 44.2 Å². The Kier molecular flexibility index (Phi) is 5.29. The van der Waals surface area contributed by atoms with Crippen molar-refractivity contribution < 1.29 is 0 Å². The predicted octanol–water partition coefficient (Wildman–Crippen LogP) is 2.54. The number of nitrogens with zero attached hydrogens (tertiary/aromatic N) is 4. The standard InChI is InChI=1S/C19H25N5/c1-3-23-8-10-24(11-9-23)15(2)14-21-19-12-16(13-20)17-6-4-5-7-18(17)22-19/h4-7,12,15H,3,8-11,14H2,1-2H3,(H,21,22)/t15-/m1/s1. The van der Waals surface area contributed by atoms with Gasteiger partial charge in [0.25, 0.3) is 0 Å². The molecule has 0 amide bonds. The van der Waals surface area contributed by atoms with Gasteiger partial charge in [0.2, 0.25) is 0 Å². The van der Waals surface area contributed by atoms with Crippen LogP contribution < -0.4 is 5.32 Å². The third-order valence-corrected chi connectivity index (χ3v) is 4.89. The number of para-hydroxylation sites is 1. The molecule has 0 aliphatic carbocycles. The van der Waals surface area contributed by atoms with Crippen LogP contribution in [0.3, 0.4) is 0 Å². The highest BCUT2D eigenvalue weighted by Gasteiger charge is 2.20. The van der Waals surface area contributed by atoms with Crippen LogP contribution in [0, 0.1) is 11.3 Å². The van der Waals surface area contributed by atoms with Crippen LogP contribution in [0.25, 0.3) is 10.9 Å². The van der Waals surface area contributed by atoms with Gasteiger partial charge in [0.05, 0.1) is 17.1 Å². The quantitative estimate of drug-likeness (QED) is 0.916. The van der Waals surface area contributed by atoms with Crippen LogP contribution >= 0.6 is 0 Å². The summed E-state index contributed by atoms with van der Waals surface area (Å²) in [5.74, 6) is 0.782. The molecule has 24 heavy (non-hydrogen) atoms. The Hall–Kier alpha value is -2.16. The summed E-state index contributed by atoms with van der Waals surface area (Å²) in [6.07, 6.45) is 0. The van der Waals surface area contributed by atoms with Crippen molar-refractivity contribution in [2.24, 2.45) is 0 Å². The van der Waals surface area contributed by atoms with Crippen LogP contribution in [0.5, 0.6) is 0 Å². The summed E-state index contributed by atoms with van der Waals surface area (Å²) >= 11 is 0. The van der Waals surface area contributed by atoms with E-state index in [2.05, 4.69) is 40.0 Å². The molecule has 2 heterocycles. The van der Waals surface area contributed by atoms with E-state index < -0.39 is 0 Å². The fraction of sp³-hybridized carbons (Fsp3) is 0.474. The fourth-order valence-electron chi connectivity index (χ4n) is 3.26. The number of hydrogen-bond acceptors (Lipinski definition) is 5. The summed E-state index contributed by atoms with van der Waals surface area (Å²) in [5.41, 5.74) is 1.54. The molecule has 1 aromatic carbocycles. The lowest BCUT2D eigenvalue weighted by molar-refractivity contribution is 0.110. The Morgan fingerprint density at radius 1 is 1.25 bits per heavy atom. The van der Waals surface area contributed by atoms with Gasteiger partial charge in [-0.25, -0.2) is 4.98 Å². The molecule has 1 N–H and O–H groups in total. The molecule has 0 bridgehead atoms. The molecule has 1 atom stereocenters. The highest BCUT2D eigenvalue weighted by molar-refractivity contribution is 5.86. The van der Waals surface area contributed by atoms with Crippen molar-refractivity contribution in [2.45, 2.75) is 19.9 Å². The van der Waals surface area contributed by atoms with E-state index >= 15 is 0 Å². The van der Waals surface area contributed by atoms with Crippen LogP contribution in [0.4, 0.5) is 5.82 Å². The number of hydrogen-bond donors (Lipinski definition) is 1. The maximum Gasteiger partial charge on any atom is 0.128 e. The number of pyridine rings is 1. The minimum atomic E-state index is 0.447. The van der Waals surface area contributed by atoms with Crippen molar-refractivity contribution in [3.8, 4) is 6.07 Å². The van der Waals surface area contributed by atoms with Crippen molar-refractivity contribution in [1.29, 1.82) is 5.26 Å². The lowest BCUT2D eigenvalue weighted by Gasteiger charge is -2.37. The average molecular weight is 323 g/mol. The number of fused-ring (bicyclic) bond motifs is 1. The minimum Gasteiger partial charge on any atom is -0.368 e. The summed E-state index contributed by atoms with van der Waals surface area (Å²) in [7, 11) is 0. The van der Waals surface area contributed by atoms with Gasteiger partial charge >= 0.3 is 0 Å². The number of aromatic nitrogens is 1. The molecule has 1 aliphatic rings. The number of nitrogens with one attached hydrogen (secondary N) is 1. The number of likely N-dealkylation sites (N-methyl/N-ethyl adjacent to an activating group) is 1. The molecule has 1 saturated heterocycles. The highest BCUT2D eigenvalue weighted by Crippen LogP contribution is 2.20. The maximum atomic E-state index is 9.37. The second-order valence-corrected chi connectivity index (χ2v) is 6.38. The molecular weight excluding hydrogens is 298 g/mol. The topological polar surface area (TPSA) is 55.2 Å². The van der Waals surface area contributed by atoms with Gasteiger partial charge < -0.3 is 10.2 Å². The first kappa shape index (κ1) is 16.7. The Morgan fingerprint density at radius 3 is 2.71 bits per heavy atom. The lowest BCUT2D eigenvalue weighted by Crippen LogP contribution is -2.51. The van der Waals surface area contributed by atoms with Crippen molar-refractivity contribution in [2.75, 3.05) is 44.6 Å². The van der Waals surface area contributed by atoms with Crippen LogP contribution in [0.2, 0.25) is 0 Å². The van der Waals surface area contributed by atoms with Crippen molar-refractivity contribution in [1.82, 2.24) is 14.8 Å². The van der Waals surface area contributed by atoms with Gasteiger partial charge in [-0.2, -0.15) is 5.26 Å². The smallest absolute Gasteiger partial charge is 0.128 e. The molecule has 0 radical (unpaired) electrons. The van der Waals surface area contributed by atoms with Gasteiger partial charge in [0.15, 0.2) is 0 Å². The van der Waals surface area contributed by atoms with Gasteiger partial charge in [-0.1, -0.05) is 25.1 Å². The van der Waals surface area contributed by atoms with E-state index in [1.807, 2.05) is 30.3 Å². The molecule has 5 nitrogen and oxygen atoms in total. The second kappa shape index (κ2) is 7.61. The lowest BCUT2D eigenvalue weighted by atomic mass is 10.1. The first-order valence-electron chi connectivity index (χ1n) is 8.71. The average Bonchev–Trinajstić information content (AvgIpc) is 2.65. The molecule has 126 valence electrons. The molecule has 2 aromatic rings. The summed E-state index contributed by atoms with van der Waals surface area (Å²) < 4.78 is 0. The SMILES string of the molecule is CCN1CCN([C@H](C)CNc2cc(C#N)c3ccccc3n2)CC1. The van der Waals surface area contributed by atoms with E-state index in [9.17, 15) is 5.26 Å². The molecule has 3 rings (SSSR count). The Labute approximate surface area is 143 Å². The predicted molar refractivity (Wildman–Crippen MR) is 98.1 cm³/mol. The van der Waals surface area contributed by atoms with Crippen LogP contribution in [0.15, 0.2) is 30.3 Å². The summed E-state index contributed by atoms with van der Waals surface area (Å²) in [4.78, 5) is 9.64. The van der Waals surface area contributed by atoms with Crippen molar-refractivity contribution in [3.63, 3.8) is 0 Å². The van der Waals surface area contributed by atoms with Crippen LogP contribution in [0.1, 0.15) is 19.4 Å². The molecule has 1 fully saturated rings. The fourth-order valence-corrected chi connectivity index (χ4v) is 3.26. The number of anilines is 1. The third-order valence-electron chi connectivity index (χ3n) is 4.89. The largest absolute Gasteiger partial charge is 0.368 e. The minimum absolute atomic E-state index is 0.447.